The minimum atomic E-state index is -0.597. The third-order valence-corrected chi connectivity index (χ3v) is 4.34. The van der Waals surface area contributed by atoms with Gasteiger partial charge in [0.2, 0.25) is 0 Å². The largest absolute Gasteiger partial charge is 0.468 e. The van der Waals surface area contributed by atoms with Crippen molar-refractivity contribution in [1.82, 2.24) is 10.2 Å². The lowest BCUT2D eigenvalue weighted by atomic mass is 9.95. The molecule has 1 aliphatic rings. The number of hydrogen-bond donors (Lipinski definition) is 1. The number of methoxy groups -OCH3 is 1. The Kier molecular flexibility index (Phi) is 5.37. The smallest absolute Gasteiger partial charge is 0.325 e. The van der Waals surface area contributed by atoms with Gasteiger partial charge in [-0.15, -0.1) is 0 Å². The van der Waals surface area contributed by atoms with Gasteiger partial charge in [-0.3, -0.25) is 9.69 Å². The summed E-state index contributed by atoms with van der Waals surface area (Å²) in [6.07, 6.45) is 1.85. The number of benzene rings is 1. The van der Waals surface area contributed by atoms with E-state index >= 15 is 0 Å². The van der Waals surface area contributed by atoms with Crippen LogP contribution in [0.15, 0.2) is 24.3 Å². The average molecular weight is 290 g/mol. The predicted octanol–water partition coefficient (Wildman–Crippen LogP) is 1.98. The van der Waals surface area contributed by atoms with Gasteiger partial charge < -0.3 is 10.1 Å². The fourth-order valence-electron chi connectivity index (χ4n) is 3.00. The Balaban J connectivity index is 1.95. The molecule has 4 nitrogen and oxygen atoms in total. The monoisotopic (exact) mass is 290 g/mol. The first kappa shape index (κ1) is 16.0. The Morgan fingerprint density at radius 2 is 2.10 bits per heavy atom. The molecule has 0 amide bonds. The molecule has 0 bridgehead atoms. The standard InChI is InChI=1S/C17H26N2O2/c1-4-18-17(2,16(20)21-3)10-12-19-11-9-14-7-5-6-8-15(14)13-19/h5-8,18H,4,9-13H2,1-3H3. The van der Waals surface area contributed by atoms with Gasteiger partial charge in [0.05, 0.1) is 7.11 Å². The fraction of sp³-hybridized carbons (Fsp3) is 0.588. The highest BCUT2D eigenvalue weighted by atomic mass is 16.5. The fourth-order valence-corrected chi connectivity index (χ4v) is 3.00. The summed E-state index contributed by atoms with van der Waals surface area (Å²) in [4.78, 5) is 14.4. The zero-order valence-electron chi connectivity index (χ0n) is 13.3. The molecule has 4 heteroatoms. The minimum Gasteiger partial charge on any atom is -0.468 e. The van der Waals surface area contributed by atoms with E-state index < -0.39 is 5.54 Å². The molecule has 1 heterocycles. The number of nitrogens with zero attached hydrogens (tertiary/aromatic N) is 1. The van der Waals surface area contributed by atoms with Crippen LogP contribution in [0.2, 0.25) is 0 Å². The van der Waals surface area contributed by atoms with Gasteiger partial charge in [0, 0.05) is 19.6 Å². The van der Waals surface area contributed by atoms with Crippen LogP contribution >= 0.6 is 0 Å². The molecular weight excluding hydrogens is 264 g/mol. The molecule has 0 saturated heterocycles. The molecule has 21 heavy (non-hydrogen) atoms. The molecule has 0 spiro atoms. The molecule has 1 atom stereocenters. The van der Waals surface area contributed by atoms with Crippen molar-refractivity contribution in [2.45, 2.75) is 38.8 Å². The first-order valence-electron chi connectivity index (χ1n) is 7.71. The van der Waals surface area contributed by atoms with Crippen molar-refractivity contribution in [3.05, 3.63) is 35.4 Å². The Bertz CT molecular complexity index is 489. The summed E-state index contributed by atoms with van der Waals surface area (Å²) in [5.74, 6) is -0.179. The quantitative estimate of drug-likeness (QED) is 0.813. The summed E-state index contributed by atoms with van der Waals surface area (Å²) in [6.45, 7) is 7.62. The highest BCUT2D eigenvalue weighted by molar-refractivity contribution is 5.80. The molecule has 0 fully saturated rings. The molecule has 1 unspecified atom stereocenters. The topological polar surface area (TPSA) is 41.6 Å². The normalized spacial score (nSPS) is 17.9. The number of carbonyl (C=O) groups is 1. The van der Waals surface area contributed by atoms with Crippen LogP contribution in [0.4, 0.5) is 0 Å². The number of hydrogen-bond acceptors (Lipinski definition) is 4. The molecule has 0 aliphatic carbocycles. The molecule has 0 aromatic heterocycles. The van der Waals surface area contributed by atoms with E-state index in [1.165, 1.54) is 18.2 Å². The van der Waals surface area contributed by atoms with Gasteiger partial charge >= 0.3 is 5.97 Å². The number of esters is 1. The predicted molar refractivity (Wildman–Crippen MR) is 84.1 cm³/mol. The second kappa shape index (κ2) is 7.05. The number of carbonyl (C=O) groups excluding carboxylic acids is 1. The van der Waals surface area contributed by atoms with Crippen LogP contribution in [-0.4, -0.2) is 43.2 Å². The lowest BCUT2D eigenvalue weighted by Crippen LogP contribution is -2.52. The highest BCUT2D eigenvalue weighted by Crippen LogP contribution is 2.20. The molecule has 0 radical (unpaired) electrons. The van der Waals surface area contributed by atoms with Crippen LogP contribution in [0.5, 0.6) is 0 Å². The average Bonchev–Trinajstić information content (AvgIpc) is 2.52. The maximum atomic E-state index is 12.0. The van der Waals surface area contributed by atoms with Crippen LogP contribution < -0.4 is 5.32 Å². The number of nitrogens with one attached hydrogen (secondary N) is 1. The second-order valence-corrected chi connectivity index (χ2v) is 5.90. The Labute approximate surface area is 127 Å². The summed E-state index contributed by atoms with van der Waals surface area (Å²) >= 11 is 0. The van der Waals surface area contributed by atoms with Crippen LogP contribution in [0.1, 0.15) is 31.4 Å². The van der Waals surface area contributed by atoms with E-state index in [2.05, 4.69) is 34.5 Å². The van der Waals surface area contributed by atoms with Crippen molar-refractivity contribution >= 4 is 5.97 Å². The van der Waals surface area contributed by atoms with Crippen molar-refractivity contribution in [2.24, 2.45) is 0 Å². The number of ether oxygens (including phenoxy) is 1. The minimum absolute atomic E-state index is 0.179. The van der Waals surface area contributed by atoms with Crippen molar-refractivity contribution in [2.75, 3.05) is 26.7 Å². The van der Waals surface area contributed by atoms with E-state index in [1.807, 2.05) is 13.8 Å². The summed E-state index contributed by atoms with van der Waals surface area (Å²) in [6, 6.07) is 8.61. The zero-order chi connectivity index (χ0) is 15.3. The van der Waals surface area contributed by atoms with Gasteiger partial charge in [0.1, 0.15) is 5.54 Å². The molecule has 116 valence electrons. The zero-order valence-corrected chi connectivity index (χ0v) is 13.3. The third-order valence-electron chi connectivity index (χ3n) is 4.34. The van der Waals surface area contributed by atoms with E-state index in [1.54, 1.807) is 0 Å². The summed E-state index contributed by atoms with van der Waals surface area (Å²) in [7, 11) is 1.45. The SMILES string of the molecule is CCNC(C)(CCN1CCc2ccccc2C1)C(=O)OC. The number of likely N-dealkylation sites (N-methyl/N-ethyl adjacent to an activating group) is 1. The Morgan fingerprint density at radius 1 is 1.38 bits per heavy atom. The van der Waals surface area contributed by atoms with E-state index in [-0.39, 0.29) is 5.97 Å². The number of rotatable bonds is 6. The lowest BCUT2D eigenvalue weighted by molar-refractivity contribution is -0.148. The van der Waals surface area contributed by atoms with E-state index in [0.29, 0.717) is 0 Å². The van der Waals surface area contributed by atoms with Gasteiger partial charge in [0.25, 0.3) is 0 Å². The van der Waals surface area contributed by atoms with Crippen molar-refractivity contribution in [3.8, 4) is 0 Å². The van der Waals surface area contributed by atoms with Crippen molar-refractivity contribution in [3.63, 3.8) is 0 Å². The molecule has 1 N–H and O–H groups in total. The molecule has 0 saturated carbocycles. The van der Waals surface area contributed by atoms with Crippen LogP contribution in [0, 0.1) is 0 Å². The lowest BCUT2D eigenvalue weighted by Gasteiger charge is -2.33. The molecule has 1 aromatic rings. The van der Waals surface area contributed by atoms with Crippen LogP contribution in [0.3, 0.4) is 0 Å². The first-order valence-corrected chi connectivity index (χ1v) is 7.71. The van der Waals surface area contributed by atoms with Gasteiger partial charge in [-0.05, 0) is 37.4 Å². The number of fused-ring (bicyclic) bond motifs is 1. The first-order chi connectivity index (χ1) is 10.1. The summed E-state index contributed by atoms with van der Waals surface area (Å²) < 4.78 is 4.94. The molecule has 1 aliphatic heterocycles. The summed E-state index contributed by atoms with van der Waals surface area (Å²) in [5, 5.41) is 3.27. The highest BCUT2D eigenvalue weighted by Gasteiger charge is 2.33. The summed E-state index contributed by atoms with van der Waals surface area (Å²) in [5.41, 5.74) is 2.27. The van der Waals surface area contributed by atoms with E-state index in [0.717, 1.165) is 39.0 Å². The van der Waals surface area contributed by atoms with Crippen molar-refractivity contribution in [1.29, 1.82) is 0 Å². The Morgan fingerprint density at radius 3 is 2.76 bits per heavy atom. The van der Waals surface area contributed by atoms with Gasteiger partial charge in [-0.25, -0.2) is 0 Å². The van der Waals surface area contributed by atoms with Gasteiger partial charge in [-0.1, -0.05) is 31.2 Å². The second-order valence-electron chi connectivity index (χ2n) is 5.90. The van der Waals surface area contributed by atoms with Gasteiger partial charge in [0.15, 0.2) is 0 Å². The van der Waals surface area contributed by atoms with Gasteiger partial charge in [-0.2, -0.15) is 0 Å². The Hall–Kier alpha value is -1.39. The molecule has 1 aromatic carbocycles. The van der Waals surface area contributed by atoms with Crippen LogP contribution in [-0.2, 0) is 22.5 Å². The van der Waals surface area contributed by atoms with Crippen LogP contribution in [0.25, 0.3) is 0 Å². The van der Waals surface area contributed by atoms with Crippen molar-refractivity contribution < 1.29 is 9.53 Å². The van der Waals surface area contributed by atoms with E-state index in [4.69, 9.17) is 4.74 Å². The maximum absolute atomic E-state index is 12.0. The molecular formula is C17H26N2O2. The van der Waals surface area contributed by atoms with E-state index in [9.17, 15) is 4.79 Å². The third kappa shape index (κ3) is 3.83. The maximum Gasteiger partial charge on any atom is 0.325 e. The molecule has 2 rings (SSSR count).